The number of hydrogen-bond donors (Lipinski definition) is 0. The predicted octanol–water partition coefficient (Wildman–Crippen LogP) is 3.33. The van der Waals surface area contributed by atoms with Crippen molar-refractivity contribution in [2.75, 3.05) is 13.2 Å². The standard InChI is InChI=1S/C21H21FN4O3/c22-14-10-17-16-3-1-2-13(16)4-5-15-6-7-26-19(25-15)18(12-24-26)21(27)29-9-8-28-20(17)23-11-14/h6-7,10-13,16H,1-5,8-9H2. The van der Waals surface area contributed by atoms with Crippen LogP contribution in [0.1, 0.15) is 53.2 Å². The van der Waals surface area contributed by atoms with E-state index in [1.807, 2.05) is 12.3 Å². The summed E-state index contributed by atoms with van der Waals surface area (Å²) in [5.41, 5.74) is 2.55. The highest BCUT2D eigenvalue weighted by molar-refractivity contribution is 5.95. The Balaban J connectivity index is 1.51. The number of aromatic nitrogens is 4. The van der Waals surface area contributed by atoms with E-state index in [1.54, 1.807) is 4.52 Å². The molecule has 3 aromatic heterocycles. The van der Waals surface area contributed by atoms with E-state index in [0.717, 1.165) is 43.4 Å². The zero-order chi connectivity index (χ0) is 19.8. The maximum absolute atomic E-state index is 14.0. The minimum Gasteiger partial charge on any atom is -0.474 e. The summed E-state index contributed by atoms with van der Waals surface area (Å²) in [6, 6.07) is 3.47. The van der Waals surface area contributed by atoms with Crippen LogP contribution in [-0.2, 0) is 11.2 Å². The number of carbonyl (C=O) groups excluding carboxylic acids is 1. The lowest BCUT2D eigenvalue weighted by Crippen LogP contribution is -2.15. The number of ether oxygens (including phenoxy) is 2. The normalized spacial score (nSPS) is 22.3. The maximum Gasteiger partial charge on any atom is 0.343 e. The first-order chi connectivity index (χ1) is 14.2. The number of aryl methyl sites for hydroxylation is 1. The van der Waals surface area contributed by atoms with Crippen molar-refractivity contribution in [1.29, 1.82) is 0 Å². The Bertz CT molecular complexity index is 1070. The molecule has 7 nitrogen and oxygen atoms in total. The largest absolute Gasteiger partial charge is 0.474 e. The average molecular weight is 396 g/mol. The summed E-state index contributed by atoms with van der Waals surface area (Å²) < 4.78 is 26.6. The molecule has 150 valence electrons. The first kappa shape index (κ1) is 18.0. The van der Waals surface area contributed by atoms with Crippen molar-refractivity contribution in [2.24, 2.45) is 5.92 Å². The molecule has 0 saturated heterocycles. The van der Waals surface area contributed by atoms with Crippen molar-refractivity contribution in [1.82, 2.24) is 19.6 Å². The zero-order valence-electron chi connectivity index (χ0n) is 15.9. The maximum atomic E-state index is 14.0. The molecular weight excluding hydrogens is 375 g/mol. The van der Waals surface area contributed by atoms with E-state index >= 15 is 0 Å². The smallest absolute Gasteiger partial charge is 0.343 e. The third-order valence-electron chi connectivity index (χ3n) is 5.88. The SMILES string of the molecule is O=C1OCCOc2ncc(F)cc2C2CCCC2CCc2ccn3ncc1c3n2. The van der Waals surface area contributed by atoms with Crippen LogP contribution in [0.25, 0.3) is 5.65 Å². The molecule has 2 bridgehead atoms. The van der Waals surface area contributed by atoms with Crippen LogP contribution in [0.3, 0.4) is 0 Å². The fourth-order valence-electron chi connectivity index (χ4n) is 4.49. The minimum atomic E-state index is -0.493. The molecule has 1 fully saturated rings. The molecule has 8 heteroatoms. The van der Waals surface area contributed by atoms with Crippen molar-refractivity contribution in [2.45, 2.75) is 38.0 Å². The highest BCUT2D eigenvalue weighted by Gasteiger charge is 2.31. The lowest BCUT2D eigenvalue weighted by atomic mass is 9.86. The summed E-state index contributed by atoms with van der Waals surface area (Å²) in [4.78, 5) is 21.3. The van der Waals surface area contributed by atoms with Gasteiger partial charge in [-0.1, -0.05) is 6.42 Å². The number of carbonyl (C=O) groups is 1. The number of fused-ring (bicyclic) bond motifs is 4. The van der Waals surface area contributed by atoms with Gasteiger partial charge in [0.05, 0.1) is 12.4 Å². The molecule has 2 atom stereocenters. The van der Waals surface area contributed by atoms with Crippen LogP contribution >= 0.6 is 0 Å². The molecule has 3 aromatic rings. The van der Waals surface area contributed by atoms with Gasteiger partial charge in [-0.3, -0.25) is 0 Å². The Hall–Kier alpha value is -3.03. The molecular formula is C21H21FN4O3. The molecule has 29 heavy (non-hydrogen) atoms. The van der Waals surface area contributed by atoms with Gasteiger partial charge < -0.3 is 9.47 Å². The molecule has 0 spiro atoms. The van der Waals surface area contributed by atoms with E-state index < -0.39 is 5.97 Å². The van der Waals surface area contributed by atoms with Crippen LogP contribution in [-0.4, -0.2) is 38.8 Å². The van der Waals surface area contributed by atoms with Crippen molar-refractivity contribution in [3.8, 4) is 5.88 Å². The van der Waals surface area contributed by atoms with E-state index in [0.29, 0.717) is 23.0 Å². The number of halogens is 1. The second-order valence-corrected chi connectivity index (χ2v) is 7.61. The summed E-state index contributed by atoms with van der Waals surface area (Å²) in [6.07, 6.45) is 9.33. The molecule has 5 rings (SSSR count). The summed E-state index contributed by atoms with van der Waals surface area (Å²) >= 11 is 0. The molecule has 0 aromatic carbocycles. The second kappa shape index (κ2) is 7.42. The van der Waals surface area contributed by atoms with Gasteiger partial charge in [-0.2, -0.15) is 5.10 Å². The van der Waals surface area contributed by atoms with E-state index in [1.165, 1.54) is 18.5 Å². The number of esters is 1. The zero-order valence-corrected chi connectivity index (χ0v) is 15.9. The summed E-state index contributed by atoms with van der Waals surface area (Å²) in [5.74, 6) is 0.191. The molecule has 1 aliphatic heterocycles. The van der Waals surface area contributed by atoms with Gasteiger partial charge in [0.25, 0.3) is 0 Å². The van der Waals surface area contributed by atoms with Gasteiger partial charge in [-0.05, 0) is 49.7 Å². The Labute approximate surface area is 166 Å². The van der Waals surface area contributed by atoms with Crippen LogP contribution in [0, 0.1) is 11.7 Å². The predicted molar refractivity (Wildman–Crippen MR) is 101 cm³/mol. The fraction of sp³-hybridized carbons (Fsp3) is 0.429. The monoisotopic (exact) mass is 396 g/mol. The van der Waals surface area contributed by atoms with Crippen molar-refractivity contribution in [3.63, 3.8) is 0 Å². The van der Waals surface area contributed by atoms with E-state index in [-0.39, 0.29) is 24.9 Å². The molecule has 1 saturated carbocycles. The van der Waals surface area contributed by atoms with Gasteiger partial charge in [0.1, 0.15) is 24.6 Å². The van der Waals surface area contributed by atoms with Crippen LogP contribution < -0.4 is 4.74 Å². The van der Waals surface area contributed by atoms with Gasteiger partial charge in [0.2, 0.25) is 5.88 Å². The Kier molecular flexibility index (Phi) is 4.61. The number of hydrogen-bond acceptors (Lipinski definition) is 6. The van der Waals surface area contributed by atoms with Gasteiger partial charge in [0.15, 0.2) is 5.65 Å². The van der Waals surface area contributed by atoms with Gasteiger partial charge >= 0.3 is 5.97 Å². The molecule has 2 aliphatic rings. The number of cyclic esters (lactones) is 1. The lowest BCUT2D eigenvalue weighted by molar-refractivity contribution is 0.0448. The third-order valence-corrected chi connectivity index (χ3v) is 5.88. The molecule has 0 N–H and O–H groups in total. The fourth-order valence-corrected chi connectivity index (χ4v) is 4.49. The summed E-state index contributed by atoms with van der Waals surface area (Å²) in [7, 11) is 0. The van der Waals surface area contributed by atoms with Crippen LogP contribution in [0.15, 0.2) is 30.7 Å². The Morgan fingerprint density at radius 1 is 1.14 bits per heavy atom. The first-order valence-corrected chi connectivity index (χ1v) is 9.97. The third kappa shape index (κ3) is 3.43. The first-order valence-electron chi connectivity index (χ1n) is 9.97. The summed E-state index contributed by atoms with van der Waals surface area (Å²) in [6.45, 7) is 0.203. The number of rotatable bonds is 0. The van der Waals surface area contributed by atoms with E-state index in [4.69, 9.17) is 9.47 Å². The average Bonchev–Trinajstić information content (AvgIpc) is 3.36. The van der Waals surface area contributed by atoms with E-state index in [2.05, 4.69) is 15.1 Å². The molecule has 1 aliphatic carbocycles. The molecule has 4 heterocycles. The van der Waals surface area contributed by atoms with Crippen molar-refractivity contribution < 1.29 is 18.7 Å². The highest BCUT2D eigenvalue weighted by Crippen LogP contribution is 2.44. The van der Waals surface area contributed by atoms with Crippen molar-refractivity contribution in [3.05, 3.63) is 53.4 Å². The molecule has 0 radical (unpaired) electrons. The van der Waals surface area contributed by atoms with Crippen molar-refractivity contribution >= 4 is 11.6 Å². The Morgan fingerprint density at radius 3 is 2.97 bits per heavy atom. The van der Waals surface area contributed by atoms with E-state index in [9.17, 15) is 9.18 Å². The highest BCUT2D eigenvalue weighted by atomic mass is 19.1. The van der Waals surface area contributed by atoms with Crippen LogP contribution in [0.4, 0.5) is 4.39 Å². The second-order valence-electron chi connectivity index (χ2n) is 7.61. The quantitative estimate of drug-likeness (QED) is 0.543. The van der Waals surface area contributed by atoms with Crippen LogP contribution in [0.2, 0.25) is 0 Å². The summed E-state index contributed by atoms with van der Waals surface area (Å²) in [5, 5.41) is 4.18. The minimum absolute atomic E-state index is 0.0580. The van der Waals surface area contributed by atoms with Gasteiger partial charge in [0, 0.05) is 17.5 Å². The lowest BCUT2D eigenvalue weighted by Gasteiger charge is -2.22. The van der Waals surface area contributed by atoms with Gasteiger partial charge in [-0.15, -0.1) is 0 Å². The molecule has 0 amide bonds. The Morgan fingerprint density at radius 2 is 2.03 bits per heavy atom. The molecule has 2 unspecified atom stereocenters. The number of nitrogens with zero attached hydrogens (tertiary/aromatic N) is 4. The van der Waals surface area contributed by atoms with Crippen LogP contribution in [0.5, 0.6) is 5.88 Å². The number of pyridine rings is 1. The topological polar surface area (TPSA) is 78.6 Å². The van der Waals surface area contributed by atoms with Gasteiger partial charge in [-0.25, -0.2) is 23.7 Å².